The third-order valence-corrected chi connectivity index (χ3v) is 4.08. The molecule has 0 bridgehead atoms. The second-order valence-electron chi connectivity index (χ2n) is 5.78. The number of rotatable bonds is 6. The van der Waals surface area contributed by atoms with E-state index in [4.69, 9.17) is 9.26 Å². The first-order valence-corrected chi connectivity index (χ1v) is 7.97. The van der Waals surface area contributed by atoms with E-state index in [-0.39, 0.29) is 11.5 Å². The molecule has 1 aliphatic rings. The number of aromatic nitrogens is 2. The number of halogens is 2. The van der Waals surface area contributed by atoms with Crippen molar-refractivity contribution in [2.45, 2.75) is 26.1 Å². The molecule has 1 aromatic heterocycles. The Bertz CT molecular complexity index is 710. The third kappa shape index (κ3) is 4.23. The van der Waals surface area contributed by atoms with Gasteiger partial charge >= 0.3 is 6.61 Å². The van der Waals surface area contributed by atoms with Crippen molar-refractivity contribution in [3.63, 3.8) is 0 Å². The van der Waals surface area contributed by atoms with E-state index in [1.54, 1.807) is 12.1 Å². The predicted octanol–water partition coefficient (Wildman–Crippen LogP) is 2.14. The fourth-order valence-corrected chi connectivity index (χ4v) is 2.73. The van der Waals surface area contributed by atoms with Crippen LogP contribution in [0.2, 0.25) is 0 Å². The highest BCUT2D eigenvalue weighted by Crippen LogP contribution is 2.32. The fraction of sp³-hybridized carbons (Fsp3) is 0.500. The Labute approximate surface area is 143 Å². The average molecular weight is 354 g/mol. The van der Waals surface area contributed by atoms with Crippen LogP contribution in [0.3, 0.4) is 0 Å². The van der Waals surface area contributed by atoms with Gasteiger partial charge in [-0.1, -0.05) is 5.16 Å². The number of hydrogen-bond acceptors (Lipinski definition) is 7. The molecule has 2 heterocycles. The zero-order valence-corrected chi connectivity index (χ0v) is 14.0. The summed E-state index contributed by atoms with van der Waals surface area (Å²) in [4.78, 5) is 6.65. The molecule has 0 aliphatic carbocycles. The lowest BCUT2D eigenvalue weighted by atomic mass is 10.2. The van der Waals surface area contributed by atoms with E-state index in [2.05, 4.69) is 32.0 Å². The van der Waals surface area contributed by atoms with Crippen LogP contribution in [0, 0.1) is 0 Å². The van der Waals surface area contributed by atoms with Crippen LogP contribution in [0.4, 0.5) is 8.78 Å². The zero-order chi connectivity index (χ0) is 17.8. The van der Waals surface area contributed by atoms with Gasteiger partial charge in [0.1, 0.15) is 0 Å². The second kappa shape index (κ2) is 7.75. The summed E-state index contributed by atoms with van der Waals surface area (Å²) >= 11 is 0. The van der Waals surface area contributed by atoms with Crippen molar-refractivity contribution >= 4 is 0 Å². The molecule has 1 fully saturated rings. The summed E-state index contributed by atoms with van der Waals surface area (Å²) in [6.07, 6.45) is 0. The van der Waals surface area contributed by atoms with Crippen molar-refractivity contribution in [1.29, 1.82) is 0 Å². The predicted molar refractivity (Wildman–Crippen MR) is 85.7 cm³/mol. The SMILES string of the molecule is COc1cc(-c2noc(CN3CCNC[C@H]3C)n2)ccc1OC(F)F. The number of alkyl halides is 2. The Morgan fingerprint density at radius 1 is 1.40 bits per heavy atom. The minimum Gasteiger partial charge on any atom is -0.493 e. The molecule has 0 radical (unpaired) electrons. The molecule has 0 unspecified atom stereocenters. The Kier molecular flexibility index (Phi) is 5.44. The zero-order valence-electron chi connectivity index (χ0n) is 14.0. The van der Waals surface area contributed by atoms with Gasteiger partial charge in [-0.05, 0) is 25.1 Å². The third-order valence-electron chi connectivity index (χ3n) is 4.08. The van der Waals surface area contributed by atoms with Gasteiger partial charge in [-0.25, -0.2) is 0 Å². The molecule has 2 aromatic rings. The molecule has 1 saturated heterocycles. The largest absolute Gasteiger partial charge is 0.493 e. The van der Waals surface area contributed by atoms with Crippen molar-refractivity contribution in [3.05, 3.63) is 24.1 Å². The summed E-state index contributed by atoms with van der Waals surface area (Å²) in [7, 11) is 1.38. The molecule has 0 saturated carbocycles. The van der Waals surface area contributed by atoms with Gasteiger partial charge in [0.2, 0.25) is 11.7 Å². The van der Waals surface area contributed by atoms with Gasteiger partial charge in [-0.2, -0.15) is 13.8 Å². The Balaban J connectivity index is 1.75. The molecule has 9 heteroatoms. The standard InChI is InChI=1S/C16H20F2N4O3/c1-10-8-19-5-6-22(10)9-14-20-15(21-25-14)11-3-4-12(24-16(17)18)13(7-11)23-2/h3-4,7,10,16,19H,5-6,8-9H2,1-2H3/t10-/m1/s1. The molecule has 7 nitrogen and oxygen atoms in total. The summed E-state index contributed by atoms with van der Waals surface area (Å²) in [6.45, 7) is 2.54. The van der Waals surface area contributed by atoms with Gasteiger partial charge in [0.05, 0.1) is 13.7 Å². The van der Waals surface area contributed by atoms with E-state index in [0.29, 0.717) is 29.9 Å². The van der Waals surface area contributed by atoms with Crippen LogP contribution in [0.1, 0.15) is 12.8 Å². The quantitative estimate of drug-likeness (QED) is 0.852. The minimum absolute atomic E-state index is 0.0420. The summed E-state index contributed by atoms with van der Waals surface area (Å²) in [6, 6.07) is 4.91. The smallest absolute Gasteiger partial charge is 0.387 e. The van der Waals surface area contributed by atoms with Gasteiger partial charge in [0.15, 0.2) is 11.5 Å². The minimum atomic E-state index is -2.92. The molecule has 0 spiro atoms. The first kappa shape index (κ1) is 17.6. The van der Waals surface area contributed by atoms with Gasteiger partial charge in [-0.3, -0.25) is 4.90 Å². The summed E-state index contributed by atoms with van der Waals surface area (Å²) < 4.78 is 39.6. The van der Waals surface area contributed by atoms with Gasteiger partial charge in [0, 0.05) is 31.2 Å². The van der Waals surface area contributed by atoms with E-state index in [1.807, 2.05) is 0 Å². The van der Waals surface area contributed by atoms with Crippen LogP contribution in [-0.2, 0) is 6.54 Å². The van der Waals surface area contributed by atoms with Gasteiger partial charge in [0.25, 0.3) is 0 Å². The first-order valence-electron chi connectivity index (χ1n) is 7.97. The summed E-state index contributed by atoms with van der Waals surface area (Å²) in [5.41, 5.74) is 0.599. The summed E-state index contributed by atoms with van der Waals surface area (Å²) in [5, 5.41) is 7.30. The van der Waals surface area contributed by atoms with Crippen molar-refractivity contribution in [2.75, 3.05) is 26.7 Å². The van der Waals surface area contributed by atoms with Crippen LogP contribution in [-0.4, -0.2) is 54.4 Å². The van der Waals surface area contributed by atoms with E-state index in [1.165, 1.54) is 13.2 Å². The number of ether oxygens (including phenoxy) is 2. The average Bonchev–Trinajstić information content (AvgIpc) is 3.05. The fourth-order valence-electron chi connectivity index (χ4n) is 2.73. The van der Waals surface area contributed by atoms with Crippen LogP contribution < -0.4 is 14.8 Å². The number of benzene rings is 1. The molecule has 0 amide bonds. The number of nitrogens with one attached hydrogen (secondary N) is 1. The number of nitrogens with zero attached hydrogens (tertiary/aromatic N) is 3. The molecular formula is C16H20F2N4O3. The van der Waals surface area contributed by atoms with Gasteiger partial charge in [-0.15, -0.1) is 0 Å². The van der Waals surface area contributed by atoms with Crippen LogP contribution in [0.25, 0.3) is 11.4 Å². The van der Waals surface area contributed by atoms with Crippen LogP contribution in [0.15, 0.2) is 22.7 Å². The molecule has 3 rings (SSSR count). The molecule has 25 heavy (non-hydrogen) atoms. The lowest BCUT2D eigenvalue weighted by Crippen LogP contribution is -2.49. The normalized spacial score (nSPS) is 18.5. The Morgan fingerprint density at radius 3 is 2.96 bits per heavy atom. The maximum Gasteiger partial charge on any atom is 0.387 e. The van der Waals surface area contributed by atoms with E-state index < -0.39 is 6.61 Å². The number of methoxy groups -OCH3 is 1. The Morgan fingerprint density at radius 2 is 2.24 bits per heavy atom. The molecule has 1 N–H and O–H groups in total. The lowest BCUT2D eigenvalue weighted by Gasteiger charge is -2.32. The molecule has 136 valence electrons. The summed E-state index contributed by atoms with van der Waals surface area (Å²) in [5.74, 6) is 1.02. The molecule has 1 aromatic carbocycles. The lowest BCUT2D eigenvalue weighted by molar-refractivity contribution is -0.0512. The Hall–Kier alpha value is -2.26. The van der Waals surface area contributed by atoms with E-state index in [0.717, 1.165) is 19.6 Å². The highest BCUT2D eigenvalue weighted by molar-refractivity contribution is 5.60. The van der Waals surface area contributed by atoms with Crippen LogP contribution >= 0.6 is 0 Å². The molecule has 1 atom stereocenters. The topological polar surface area (TPSA) is 72.7 Å². The molecule has 1 aliphatic heterocycles. The first-order chi connectivity index (χ1) is 12.1. The highest BCUT2D eigenvalue weighted by atomic mass is 19.3. The van der Waals surface area contributed by atoms with Crippen molar-refractivity contribution in [3.8, 4) is 22.9 Å². The maximum absolute atomic E-state index is 12.4. The van der Waals surface area contributed by atoms with Crippen molar-refractivity contribution < 1.29 is 22.8 Å². The van der Waals surface area contributed by atoms with E-state index >= 15 is 0 Å². The molecular weight excluding hydrogens is 334 g/mol. The maximum atomic E-state index is 12.4. The van der Waals surface area contributed by atoms with E-state index in [9.17, 15) is 8.78 Å². The highest BCUT2D eigenvalue weighted by Gasteiger charge is 2.21. The van der Waals surface area contributed by atoms with Crippen LogP contribution in [0.5, 0.6) is 11.5 Å². The van der Waals surface area contributed by atoms with Crippen molar-refractivity contribution in [2.24, 2.45) is 0 Å². The number of hydrogen-bond donors (Lipinski definition) is 1. The van der Waals surface area contributed by atoms with Gasteiger partial charge < -0.3 is 19.3 Å². The monoisotopic (exact) mass is 354 g/mol. The number of piperazine rings is 1. The second-order valence-corrected chi connectivity index (χ2v) is 5.78. The van der Waals surface area contributed by atoms with Crippen molar-refractivity contribution in [1.82, 2.24) is 20.4 Å².